The van der Waals surface area contributed by atoms with E-state index in [0.29, 0.717) is 10.8 Å². The van der Waals surface area contributed by atoms with Gasteiger partial charge in [0.2, 0.25) is 0 Å². The largest absolute Gasteiger partial charge is 0.0654 e. The molecule has 0 saturated heterocycles. The van der Waals surface area contributed by atoms with Crippen LogP contribution in [0, 0.1) is 10.8 Å². The lowest BCUT2D eigenvalue weighted by molar-refractivity contribution is 0.0551. The van der Waals surface area contributed by atoms with Crippen LogP contribution in [-0.4, -0.2) is 0 Å². The van der Waals surface area contributed by atoms with Crippen molar-refractivity contribution in [3.63, 3.8) is 0 Å². The summed E-state index contributed by atoms with van der Waals surface area (Å²) >= 11 is 0. The van der Waals surface area contributed by atoms with Gasteiger partial charge in [0.15, 0.2) is 0 Å². The molecule has 0 rings (SSSR count). The van der Waals surface area contributed by atoms with E-state index >= 15 is 0 Å². The molecule has 0 aliphatic rings. The molecule has 0 aromatic carbocycles. The Kier molecular flexibility index (Phi) is 5.78. The third-order valence-corrected chi connectivity index (χ3v) is 4.11. The molecule has 0 heteroatoms. The molecule has 0 amide bonds. The highest BCUT2D eigenvalue weighted by Gasteiger charge is 2.38. The molecule has 14 heavy (non-hydrogen) atoms. The molecular weight excluding hydrogens is 168 g/mol. The molecule has 0 aromatic rings. The molecule has 0 unspecified atom stereocenters. The Morgan fingerprint density at radius 1 is 0.643 bits per heavy atom. The van der Waals surface area contributed by atoms with Gasteiger partial charge in [0.25, 0.3) is 0 Å². The molecule has 0 radical (unpaired) electrons. The molecule has 0 aliphatic carbocycles. The number of hydrogen-bond donors (Lipinski definition) is 0. The summed E-state index contributed by atoms with van der Waals surface area (Å²) in [6.45, 7) is 14.4. The van der Waals surface area contributed by atoms with Crippen molar-refractivity contribution in [2.45, 2.75) is 80.1 Å². The summed E-state index contributed by atoms with van der Waals surface area (Å²) in [7, 11) is 0. The fourth-order valence-electron chi connectivity index (χ4n) is 2.83. The molecule has 0 aliphatic heterocycles. The van der Waals surface area contributed by atoms with Crippen molar-refractivity contribution in [1.29, 1.82) is 0 Å². The summed E-state index contributed by atoms with van der Waals surface area (Å²) in [6, 6.07) is 0. The van der Waals surface area contributed by atoms with Crippen LogP contribution in [0.3, 0.4) is 0 Å². The zero-order valence-electron chi connectivity index (χ0n) is 11.2. The molecule has 0 nitrogen and oxygen atoms in total. The van der Waals surface area contributed by atoms with Crippen LogP contribution in [0.5, 0.6) is 0 Å². The maximum absolute atomic E-state index is 2.50. The van der Waals surface area contributed by atoms with Crippen LogP contribution >= 0.6 is 0 Å². The van der Waals surface area contributed by atoms with E-state index in [1.807, 2.05) is 0 Å². The summed E-state index contributed by atoms with van der Waals surface area (Å²) in [5.41, 5.74) is 1.06. The molecule has 0 spiro atoms. The third kappa shape index (κ3) is 3.29. The molecule has 0 N–H and O–H groups in total. The van der Waals surface area contributed by atoms with Crippen LogP contribution in [-0.2, 0) is 0 Å². The Balaban J connectivity index is 4.59. The fraction of sp³-hybridized carbons (Fsp3) is 1.00. The first-order valence-electron chi connectivity index (χ1n) is 6.43. The first-order valence-corrected chi connectivity index (χ1v) is 6.43. The minimum Gasteiger partial charge on any atom is -0.0654 e. The Hall–Kier alpha value is 0. The topological polar surface area (TPSA) is 0 Å². The molecule has 0 aromatic heterocycles. The first-order chi connectivity index (χ1) is 6.43. The van der Waals surface area contributed by atoms with Crippen LogP contribution < -0.4 is 0 Å². The summed E-state index contributed by atoms with van der Waals surface area (Å²) in [6.07, 6.45) is 8.09. The van der Waals surface area contributed by atoms with Crippen LogP contribution in [0.4, 0.5) is 0 Å². The molecule has 86 valence electrons. The second-order valence-corrected chi connectivity index (χ2v) is 5.69. The summed E-state index contributed by atoms with van der Waals surface area (Å²) < 4.78 is 0. The Morgan fingerprint density at radius 3 is 1.29 bits per heavy atom. The highest BCUT2D eigenvalue weighted by Crippen LogP contribution is 2.48. The number of rotatable bonds is 7. The van der Waals surface area contributed by atoms with Gasteiger partial charge in [-0.15, -0.1) is 0 Å². The van der Waals surface area contributed by atoms with E-state index in [0.717, 1.165) is 0 Å². The lowest BCUT2D eigenvalue weighted by Gasteiger charge is -2.45. The second kappa shape index (κ2) is 5.78. The Morgan fingerprint density at radius 2 is 1.00 bits per heavy atom. The van der Waals surface area contributed by atoms with Gasteiger partial charge in [-0.25, -0.2) is 0 Å². The van der Waals surface area contributed by atoms with Gasteiger partial charge in [-0.1, -0.05) is 60.8 Å². The van der Waals surface area contributed by atoms with Crippen molar-refractivity contribution < 1.29 is 0 Å². The third-order valence-electron chi connectivity index (χ3n) is 4.11. The lowest BCUT2D eigenvalue weighted by atomic mass is 9.60. The van der Waals surface area contributed by atoms with Crippen LogP contribution in [0.15, 0.2) is 0 Å². The smallest absolute Gasteiger partial charge is 0.0275 e. The lowest BCUT2D eigenvalue weighted by Crippen LogP contribution is -2.35. The average molecular weight is 198 g/mol. The van der Waals surface area contributed by atoms with Crippen LogP contribution in [0.2, 0.25) is 0 Å². The highest BCUT2D eigenvalue weighted by atomic mass is 14.4. The van der Waals surface area contributed by atoms with Gasteiger partial charge < -0.3 is 0 Å². The van der Waals surface area contributed by atoms with Gasteiger partial charge in [0.1, 0.15) is 0 Å². The van der Waals surface area contributed by atoms with E-state index in [-0.39, 0.29) is 0 Å². The van der Waals surface area contributed by atoms with E-state index in [1.165, 1.54) is 38.5 Å². The SMILES string of the molecule is CCCC(C)(C)C(C)(CCC)CCC. The van der Waals surface area contributed by atoms with Crippen molar-refractivity contribution >= 4 is 0 Å². The van der Waals surface area contributed by atoms with Crippen LogP contribution in [0.1, 0.15) is 80.1 Å². The molecular formula is C14H30. The zero-order valence-corrected chi connectivity index (χ0v) is 11.2. The Labute approximate surface area is 91.5 Å². The quantitative estimate of drug-likeness (QED) is 0.512. The van der Waals surface area contributed by atoms with Crippen molar-refractivity contribution in [2.24, 2.45) is 10.8 Å². The minimum absolute atomic E-state index is 0.508. The number of hydrogen-bond acceptors (Lipinski definition) is 0. The van der Waals surface area contributed by atoms with Crippen molar-refractivity contribution in [2.75, 3.05) is 0 Å². The van der Waals surface area contributed by atoms with Crippen LogP contribution in [0.25, 0.3) is 0 Å². The van der Waals surface area contributed by atoms with Gasteiger partial charge >= 0.3 is 0 Å². The zero-order chi connectivity index (χ0) is 11.2. The highest BCUT2D eigenvalue weighted by molar-refractivity contribution is 4.88. The molecule has 0 fully saturated rings. The monoisotopic (exact) mass is 198 g/mol. The van der Waals surface area contributed by atoms with Gasteiger partial charge in [0, 0.05) is 0 Å². The normalized spacial score (nSPS) is 13.3. The Bertz CT molecular complexity index is 138. The van der Waals surface area contributed by atoms with E-state index in [1.54, 1.807) is 0 Å². The predicted octanol–water partition coefficient (Wildman–Crippen LogP) is 5.42. The fourth-order valence-corrected chi connectivity index (χ4v) is 2.83. The summed E-state index contributed by atoms with van der Waals surface area (Å²) in [4.78, 5) is 0. The van der Waals surface area contributed by atoms with Gasteiger partial charge in [0.05, 0.1) is 0 Å². The maximum atomic E-state index is 2.50. The van der Waals surface area contributed by atoms with Crippen molar-refractivity contribution in [3.8, 4) is 0 Å². The summed E-state index contributed by atoms with van der Waals surface area (Å²) in [5, 5.41) is 0. The van der Waals surface area contributed by atoms with Crippen molar-refractivity contribution in [3.05, 3.63) is 0 Å². The molecule has 0 atom stereocenters. The van der Waals surface area contributed by atoms with E-state index < -0.39 is 0 Å². The average Bonchev–Trinajstić information content (AvgIpc) is 2.04. The maximum Gasteiger partial charge on any atom is -0.0275 e. The first kappa shape index (κ1) is 14.0. The van der Waals surface area contributed by atoms with Gasteiger partial charge in [-0.05, 0) is 30.1 Å². The van der Waals surface area contributed by atoms with E-state index in [4.69, 9.17) is 0 Å². The summed E-state index contributed by atoms with van der Waals surface area (Å²) in [5.74, 6) is 0. The second-order valence-electron chi connectivity index (χ2n) is 5.69. The van der Waals surface area contributed by atoms with E-state index in [2.05, 4.69) is 41.5 Å². The van der Waals surface area contributed by atoms with Gasteiger partial charge in [-0.3, -0.25) is 0 Å². The predicted molar refractivity (Wildman–Crippen MR) is 66.6 cm³/mol. The standard InChI is InChI=1S/C14H30/c1-7-10-13(4,5)14(6,11-8-2)12-9-3/h7-12H2,1-6H3. The minimum atomic E-state index is 0.508. The van der Waals surface area contributed by atoms with Gasteiger partial charge in [-0.2, -0.15) is 0 Å². The molecule has 0 heterocycles. The molecule has 0 bridgehead atoms. The molecule has 0 saturated carbocycles. The van der Waals surface area contributed by atoms with E-state index in [9.17, 15) is 0 Å². The van der Waals surface area contributed by atoms with Crippen molar-refractivity contribution in [1.82, 2.24) is 0 Å².